The van der Waals surface area contributed by atoms with Crippen LogP contribution in [0, 0.1) is 0 Å². The number of nitrogens with one attached hydrogen (secondary N) is 1. The molecule has 1 amide bonds. The number of hydrogen-bond donors (Lipinski definition) is 2. The number of aryl methyl sites for hydroxylation is 1. The number of benzene rings is 1. The number of nitrogens with two attached hydrogens (primary N) is 1. The first-order valence-electron chi connectivity index (χ1n) is 10.8. The minimum Gasteiger partial charge on any atom is -0.383 e. The second-order valence-corrected chi connectivity index (χ2v) is 7.46. The minimum atomic E-state index is -0.789. The summed E-state index contributed by atoms with van der Waals surface area (Å²) in [4.78, 5) is 55.0. The summed E-state index contributed by atoms with van der Waals surface area (Å²) in [5.74, 6) is -0.752. The average molecular weight is 457 g/mol. The van der Waals surface area contributed by atoms with Gasteiger partial charge in [0.2, 0.25) is 0 Å². The zero-order chi connectivity index (χ0) is 24.1. The number of methoxy groups -OCH3 is 1. The molecule has 2 aromatic heterocycles. The SMILES string of the molecule is CCCCn1c(N)c(N(CCOC)C(=O)c2nn(CC)c(=O)c3ccccc23)c(=O)[nH]c1=O. The quantitative estimate of drug-likeness (QED) is 0.487. The maximum Gasteiger partial charge on any atom is 0.330 e. The fourth-order valence-corrected chi connectivity index (χ4v) is 3.61. The molecule has 11 nitrogen and oxygen atoms in total. The number of rotatable bonds is 9. The van der Waals surface area contributed by atoms with Gasteiger partial charge < -0.3 is 10.5 Å². The largest absolute Gasteiger partial charge is 0.383 e. The van der Waals surface area contributed by atoms with Crippen LogP contribution >= 0.6 is 0 Å². The molecule has 3 N–H and O–H groups in total. The standard InChI is InChI=1S/C22H28N6O5/c1-4-6-11-27-18(23)17(19(29)24-22(27)32)26(12-13-33-3)21(31)16-14-9-7-8-10-15(14)20(30)28(5-2)25-16/h7-10H,4-6,11-13,23H2,1-3H3,(H,24,29,32). The molecule has 0 aliphatic rings. The van der Waals surface area contributed by atoms with Crippen molar-refractivity contribution < 1.29 is 9.53 Å². The molecule has 176 valence electrons. The number of carbonyl (C=O) groups excluding carboxylic acids is 1. The van der Waals surface area contributed by atoms with Crippen LogP contribution in [-0.4, -0.2) is 45.5 Å². The number of unbranched alkanes of at least 4 members (excludes halogenated alkanes) is 1. The topological polar surface area (TPSA) is 145 Å². The number of H-pyrrole nitrogens is 1. The summed E-state index contributed by atoms with van der Waals surface area (Å²) < 4.78 is 7.58. The molecule has 11 heteroatoms. The maximum atomic E-state index is 13.8. The van der Waals surface area contributed by atoms with Crippen LogP contribution in [0.3, 0.4) is 0 Å². The van der Waals surface area contributed by atoms with E-state index >= 15 is 0 Å². The number of amides is 1. The van der Waals surface area contributed by atoms with Crippen LogP contribution < -0.4 is 27.4 Å². The molecule has 0 fully saturated rings. The molecule has 0 aliphatic carbocycles. The summed E-state index contributed by atoms with van der Waals surface area (Å²) in [6.45, 7) is 4.33. The Kier molecular flexibility index (Phi) is 7.44. The summed E-state index contributed by atoms with van der Waals surface area (Å²) in [7, 11) is 1.46. The number of aromatic amines is 1. The minimum absolute atomic E-state index is 0.00624. The maximum absolute atomic E-state index is 13.8. The van der Waals surface area contributed by atoms with Crippen molar-refractivity contribution in [2.75, 3.05) is 30.9 Å². The van der Waals surface area contributed by atoms with E-state index in [9.17, 15) is 19.2 Å². The van der Waals surface area contributed by atoms with Crippen LogP contribution in [0.4, 0.5) is 11.5 Å². The first kappa shape index (κ1) is 23.9. The van der Waals surface area contributed by atoms with Crippen molar-refractivity contribution >= 4 is 28.2 Å². The Morgan fingerprint density at radius 3 is 2.52 bits per heavy atom. The van der Waals surface area contributed by atoms with Gasteiger partial charge in [0.1, 0.15) is 5.82 Å². The third-order valence-electron chi connectivity index (χ3n) is 5.35. The molecule has 3 aromatic rings. The highest BCUT2D eigenvalue weighted by atomic mass is 16.5. The zero-order valence-electron chi connectivity index (χ0n) is 19.0. The molecule has 1 aromatic carbocycles. The molecule has 33 heavy (non-hydrogen) atoms. The van der Waals surface area contributed by atoms with E-state index in [1.54, 1.807) is 31.2 Å². The molecule has 0 atom stereocenters. The first-order chi connectivity index (χ1) is 15.8. The highest BCUT2D eigenvalue weighted by Crippen LogP contribution is 2.22. The lowest BCUT2D eigenvalue weighted by molar-refractivity contribution is 0.0970. The van der Waals surface area contributed by atoms with Crippen LogP contribution in [0.1, 0.15) is 37.2 Å². The Morgan fingerprint density at radius 2 is 1.88 bits per heavy atom. The zero-order valence-corrected chi connectivity index (χ0v) is 19.0. The monoisotopic (exact) mass is 456 g/mol. The molecule has 0 saturated heterocycles. The van der Waals surface area contributed by atoms with E-state index < -0.39 is 17.2 Å². The number of fused-ring (bicyclic) bond motifs is 1. The Morgan fingerprint density at radius 1 is 1.18 bits per heavy atom. The number of anilines is 2. The molecule has 0 radical (unpaired) electrons. The lowest BCUT2D eigenvalue weighted by Crippen LogP contribution is -2.43. The highest BCUT2D eigenvalue weighted by molar-refractivity contribution is 6.13. The summed E-state index contributed by atoms with van der Waals surface area (Å²) in [6, 6.07) is 6.64. The van der Waals surface area contributed by atoms with Gasteiger partial charge in [0.25, 0.3) is 17.0 Å². The third kappa shape index (κ3) is 4.58. The lowest BCUT2D eigenvalue weighted by Gasteiger charge is -2.24. The third-order valence-corrected chi connectivity index (χ3v) is 5.35. The van der Waals surface area contributed by atoms with E-state index in [0.717, 1.165) is 11.3 Å². The predicted octanol–water partition coefficient (Wildman–Crippen LogP) is 0.942. The Hall–Kier alpha value is -3.73. The van der Waals surface area contributed by atoms with Crippen LogP contribution in [0.25, 0.3) is 10.8 Å². The summed E-state index contributed by atoms with van der Waals surface area (Å²) >= 11 is 0. The van der Waals surface area contributed by atoms with E-state index in [2.05, 4.69) is 10.1 Å². The Balaban J connectivity index is 2.25. The molecular formula is C22H28N6O5. The van der Waals surface area contributed by atoms with Crippen molar-refractivity contribution in [3.05, 3.63) is 61.2 Å². The van der Waals surface area contributed by atoms with Crippen molar-refractivity contribution in [1.82, 2.24) is 19.3 Å². The first-order valence-corrected chi connectivity index (χ1v) is 10.8. The van der Waals surface area contributed by atoms with Crippen LogP contribution in [0.2, 0.25) is 0 Å². The number of ether oxygens (including phenoxy) is 1. The molecule has 0 saturated carbocycles. The fourth-order valence-electron chi connectivity index (χ4n) is 3.61. The van der Waals surface area contributed by atoms with Crippen molar-refractivity contribution in [1.29, 1.82) is 0 Å². The second-order valence-electron chi connectivity index (χ2n) is 7.46. The van der Waals surface area contributed by atoms with Gasteiger partial charge in [-0.25, -0.2) is 9.48 Å². The van der Waals surface area contributed by atoms with Gasteiger partial charge in [0.05, 0.1) is 12.0 Å². The fraction of sp³-hybridized carbons (Fsp3) is 0.409. The number of aromatic nitrogens is 4. The van der Waals surface area contributed by atoms with E-state index in [-0.39, 0.29) is 42.5 Å². The highest BCUT2D eigenvalue weighted by Gasteiger charge is 2.28. The van der Waals surface area contributed by atoms with Gasteiger partial charge in [-0.2, -0.15) is 5.10 Å². The molecule has 0 unspecified atom stereocenters. The number of nitrogen functional groups attached to an aromatic ring is 1. The van der Waals surface area contributed by atoms with Crippen molar-refractivity contribution in [2.45, 2.75) is 39.8 Å². The predicted molar refractivity (Wildman–Crippen MR) is 126 cm³/mol. The summed E-state index contributed by atoms with van der Waals surface area (Å²) in [5.41, 5.74) is 4.32. The molecule has 2 heterocycles. The van der Waals surface area contributed by atoms with E-state index in [0.29, 0.717) is 23.7 Å². The Bertz CT molecular complexity index is 1340. The molecular weight excluding hydrogens is 428 g/mol. The van der Waals surface area contributed by atoms with Gasteiger partial charge in [-0.05, 0) is 19.4 Å². The van der Waals surface area contributed by atoms with Gasteiger partial charge in [-0.1, -0.05) is 31.5 Å². The number of carbonyl (C=O) groups is 1. The molecule has 0 aliphatic heterocycles. The van der Waals surface area contributed by atoms with Gasteiger partial charge in [0, 0.05) is 32.1 Å². The van der Waals surface area contributed by atoms with Crippen molar-refractivity contribution in [3.8, 4) is 0 Å². The van der Waals surface area contributed by atoms with Crippen molar-refractivity contribution in [2.24, 2.45) is 0 Å². The van der Waals surface area contributed by atoms with Gasteiger partial charge in [0.15, 0.2) is 11.4 Å². The summed E-state index contributed by atoms with van der Waals surface area (Å²) in [5, 5.41) is 4.96. The summed E-state index contributed by atoms with van der Waals surface area (Å²) in [6.07, 6.45) is 1.47. The van der Waals surface area contributed by atoms with E-state index in [1.165, 1.54) is 16.4 Å². The number of nitrogens with zero attached hydrogens (tertiary/aromatic N) is 4. The molecule has 0 spiro atoms. The van der Waals surface area contributed by atoms with Crippen LogP contribution in [0.15, 0.2) is 38.6 Å². The van der Waals surface area contributed by atoms with E-state index in [4.69, 9.17) is 10.5 Å². The van der Waals surface area contributed by atoms with Crippen LogP contribution in [-0.2, 0) is 17.8 Å². The van der Waals surface area contributed by atoms with Crippen LogP contribution in [0.5, 0.6) is 0 Å². The van der Waals surface area contributed by atoms with Crippen molar-refractivity contribution in [3.63, 3.8) is 0 Å². The number of hydrogen-bond acceptors (Lipinski definition) is 7. The van der Waals surface area contributed by atoms with E-state index in [1.807, 2.05) is 6.92 Å². The Labute approximate surface area is 189 Å². The molecule has 3 rings (SSSR count). The van der Waals surface area contributed by atoms with Gasteiger partial charge in [-0.15, -0.1) is 0 Å². The molecule has 0 bridgehead atoms. The van der Waals surface area contributed by atoms with Gasteiger partial charge >= 0.3 is 5.69 Å². The lowest BCUT2D eigenvalue weighted by atomic mass is 10.1. The smallest absolute Gasteiger partial charge is 0.330 e. The average Bonchev–Trinajstić information content (AvgIpc) is 2.81. The normalized spacial score (nSPS) is 11.1. The van der Waals surface area contributed by atoms with Gasteiger partial charge in [-0.3, -0.25) is 28.8 Å². The second kappa shape index (κ2) is 10.3.